The van der Waals surface area contributed by atoms with Crippen LogP contribution in [0, 0.1) is 0 Å². The number of ether oxygens (including phenoxy) is 1. The smallest absolute Gasteiger partial charge is 0.332 e. The first-order valence-corrected chi connectivity index (χ1v) is 4.53. The number of aliphatic carboxylic acids is 1. The van der Waals surface area contributed by atoms with Crippen LogP contribution in [0.2, 0.25) is 0 Å². The molecule has 0 fully saturated rings. The van der Waals surface area contributed by atoms with Gasteiger partial charge in [-0.05, 0) is 13.3 Å². The van der Waals surface area contributed by atoms with E-state index in [1.54, 1.807) is 6.92 Å². The van der Waals surface area contributed by atoms with E-state index >= 15 is 0 Å². The van der Waals surface area contributed by atoms with Crippen LogP contribution in [0.4, 0.5) is 0 Å². The Balaban J connectivity index is 3.14. The predicted octanol–water partition coefficient (Wildman–Crippen LogP) is 2.06. The van der Waals surface area contributed by atoms with Crippen molar-refractivity contribution in [3.05, 3.63) is 0 Å². The van der Waals surface area contributed by atoms with Gasteiger partial charge in [-0.1, -0.05) is 26.2 Å². The van der Waals surface area contributed by atoms with E-state index in [4.69, 9.17) is 9.84 Å². The fourth-order valence-electron chi connectivity index (χ4n) is 0.860. The molecule has 0 bridgehead atoms. The van der Waals surface area contributed by atoms with E-state index in [1.165, 1.54) is 12.8 Å². The molecule has 0 aromatic carbocycles. The molecule has 0 saturated carbocycles. The van der Waals surface area contributed by atoms with E-state index in [0.29, 0.717) is 6.61 Å². The molecule has 0 aliphatic carbocycles. The molecular formula is C9H18O3. The summed E-state index contributed by atoms with van der Waals surface area (Å²) in [6.45, 7) is 4.26. The van der Waals surface area contributed by atoms with Gasteiger partial charge in [0.25, 0.3) is 0 Å². The molecule has 0 aliphatic rings. The summed E-state index contributed by atoms with van der Waals surface area (Å²) >= 11 is 0. The zero-order valence-electron chi connectivity index (χ0n) is 7.88. The first-order valence-electron chi connectivity index (χ1n) is 4.53. The molecule has 72 valence electrons. The van der Waals surface area contributed by atoms with Crippen molar-refractivity contribution in [1.29, 1.82) is 0 Å². The van der Waals surface area contributed by atoms with Gasteiger partial charge in [0.05, 0.1) is 0 Å². The van der Waals surface area contributed by atoms with E-state index in [2.05, 4.69) is 6.92 Å². The third-order valence-electron chi connectivity index (χ3n) is 1.71. The Hall–Kier alpha value is -0.570. The lowest BCUT2D eigenvalue weighted by molar-refractivity contribution is -0.149. The van der Waals surface area contributed by atoms with Crippen molar-refractivity contribution >= 4 is 5.97 Å². The average molecular weight is 174 g/mol. The van der Waals surface area contributed by atoms with Crippen LogP contribution in [0.25, 0.3) is 0 Å². The summed E-state index contributed by atoms with van der Waals surface area (Å²) in [5.41, 5.74) is 0. The van der Waals surface area contributed by atoms with Gasteiger partial charge in [0.15, 0.2) is 6.10 Å². The predicted molar refractivity (Wildman–Crippen MR) is 47.2 cm³/mol. The number of hydrogen-bond acceptors (Lipinski definition) is 2. The molecule has 0 rings (SSSR count). The Bertz CT molecular complexity index is 123. The summed E-state index contributed by atoms with van der Waals surface area (Å²) in [7, 11) is 0. The van der Waals surface area contributed by atoms with Gasteiger partial charge in [-0.3, -0.25) is 0 Å². The van der Waals surface area contributed by atoms with Gasteiger partial charge in [0, 0.05) is 6.61 Å². The van der Waals surface area contributed by atoms with Crippen LogP contribution in [0.5, 0.6) is 0 Å². The Morgan fingerprint density at radius 3 is 2.58 bits per heavy atom. The highest BCUT2D eigenvalue weighted by atomic mass is 16.5. The van der Waals surface area contributed by atoms with Crippen LogP contribution in [0.15, 0.2) is 0 Å². The second kappa shape index (κ2) is 7.10. The number of carboxylic acids is 1. The van der Waals surface area contributed by atoms with Gasteiger partial charge in [-0.2, -0.15) is 0 Å². The topological polar surface area (TPSA) is 46.5 Å². The van der Waals surface area contributed by atoms with E-state index < -0.39 is 12.1 Å². The molecule has 0 aromatic rings. The Morgan fingerprint density at radius 2 is 2.08 bits per heavy atom. The molecule has 0 amide bonds. The maximum atomic E-state index is 10.3. The summed E-state index contributed by atoms with van der Waals surface area (Å²) in [5, 5.41) is 8.46. The van der Waals surface area contributed by atoms with Crippen molar-refractivity contribution in [2.45, 2.75) is 45.6 Å². The van der Waals surface area contributed by atoms with Gasteiger partial charge < -0.3 is 9.84 Å². The molecule has 0 saturated heterocycles. The molecule has 0 radical (unpaired) electrons. The number of rotatable bonds is 7. The van der Waals surface area contributed by atoms with Gasteiger partial charge in [-0.15, -0.1) is 0 Å². The zero-order valence-corrected chi connectivity index (χ0v) is 7.88. The van der Waals surface area contributed by atoms with Crippen LogP contribution >= 0.6 is 0 Å². The van der Waals surface area contributed by atoms with E-state index in [1.807, 2.05) is 0 Å². The van der Waals surface area contributed by atoms with E-state index in [0.717, 1.165) is 12.8 Å². The average Bonchev–Trinajstić information content (AvgIpc) is 2.03. The van der Waals surface area contributed by atoms with Crippen LogP contribution in [-0.2, 0) is 9.53 Å². The third kappa shape index (κ3) is 6.16. The van der Waals surface area contributed by atoms with Crippen molar-refractivity contribution in [3.8, 4) is 0 Å². The maximum Gasteiger partial charge on any atom is 0.332 e. The molecule has 1 N–H and O–H groups in total. The van der Waals surface area contributed by atoms with Crippen LogP contribution in [0.1, 0.15) is 39.5 Å². The van der Waals surface area contributed by atoms with Gasteiger partial charge in [0.1, 0.15) is 0 Å². The minimum absolute atomic E-state index is 0.563. The summed E-state index contributed by atoms with van der Waals surface area (Å²) in [4.78, 5) is 10.3. The normalized spacial score (nSPS) is 12.8. The lowest BCUT2D eigenvalue weighted by atomic mass is 10.2. The molecule has 3 nitrogen and oxygen atoms in total. The number of carbonyl (C=O) groups is 1. The Kier molecular flexibility index (Phi) is 6.76. The van der Waals surface area contributed by atoms with Crippen molar-refractivity contribution < 1.29 is 14.6 Å². The Morgan fingerprint density at radius 1 is 1.42 bits per heavy atom. The summed E-state index contributed by atoms with van der Waals surface area (Å²) in [6, 6.07) is 0. The molecule has 0 heterocycles. The lowest BCUT2D eigenvalue weighted by Crippen LogP contribution is -2.20. The standard InChI is InChI=1S/C9H18O3/c1-3-4-5-6-7-12-8(2)9(10)11/h8H,3-7H2,1-2H3,(H,10,11)/t8-/m0/s1. The lowest BCUT2D eigenvalue weighted by Gasteiger charge is -2.07. The summed E-state index contributed by atoms with van der Waals surface area (Å²) < 4.78 is 5.05. The third-order valence-corrected chi connectivity index (χ3v) is 1.71. The first-order chi connectivity index (χ1) is 5.68. The summed E-state index contributed by atoms with van der Waals surface area (Å²) in [6.07, 6.45) is 3.82. The molecule has 1 atom stereocenters. The fourth-order valence-corrected chi connectivity index (χ4v) is 0.860. The van der Waals surface area contributed by atoms with Crippen molar-refractivity contribution in [2.75, 3.05) is 6.61 Å². The monoisotopic (exact) mass is 174 g/mol. The van der Waals surface area contributed by atoms with Crippen LogP contribution in [0.3, 0.4) is 0 Å². The number of unbranched alkanes of at least 4 members (excludes halogenated alkanes) is 3. The zero-order chi connectivity index (χ0) is 9.40. The highest BCUT2D eigenvalue weighted by molar-refractivity contribution is 5.71. The maximum absolute atomic E-state index is 10.3. The first kappa shape index (κ1) is 11.4. The molecule has 3 heteroatoms. The van der Waals surface area contributed by atoms with Crippen molar-refractivity contribution in [1.82, 2.24) is 0 Å². The van der Waals surface area contributed by atoms with Crippen LogP contribution in [-0.4, -0.2) is 23.8 Å². The second-order valence-corrected chi connectivity index (χ2v) is 2.91. The summed E-state index contributed by atoms with van der Waals surface area (Å²) in [5.74, 6) is -0.884. The molecule has 0 spiro atoms. The largest absolute Gasteiger partial charge is 0.479 e. The van der Waals surface area contributed by atoms with Crippen molar-refractivity contribution in [3.63, 3.8) is 0 Å². The van der Waals surface area contributed by atoms with Gasteiger partial charge in [0.2, 0.25) is 0 Å². The fraction of sp³-hybridized carbons (Fsp3) is 0.889. The molecular weight excluding hydrogens is 156 g/mol. The quantitative estimate of drug-likeness (QED) is 0.601. The molecule has 0 unspecified atom stereocenters. The minimum Gasteiger partial charge on any atom is -0.479 e. The van der Waals surface area contributed by atoms with Crippen LogP contribution < -0.4 is 0 Å². The number of carboxylic acid groups (broad SMARTS) is 1. The van der Waals surface area contributed by atoms with Gasteiger partial charge >= 0.3 is 5.97 Å². The molecule has 0 aromatic heterocycles. The highest BCUT2D eigenvalue weighted by Crippen LogP contribution is 2.00. The van der Waals surface area contributed by atoms with E-state index in [9.17, 15) is 4.79 Å². The Labute approximate surface area is 73.7 Å². The van der Waals surface area contributed by atoms with E-state index in [-0.39, 0.29) is 0 Å². The number of hydrogen-bond donors (Lipinski definition) is 1. The SMILES string of the molecule is CCCCCCO[C@@H](C)C(=O)O. The highest BCUT2D eigenvalue weighted by Gasteiger charge is 2.09. The van der Waals surface area contributed by atoms with Gasteiger partial charge in [-0.25, -0.2) is 4.79 Å². The molecule has 12 heavy (non-hydrogen) atoms. The minimum atomic E-state index is -0.884. The molecule has 0 aliphatic heterocycles. The second-order valence-electron chi connectivity index (χ2n) is 2.91. The van der Waals surface area contributed by atoms with Crippen molar-refractivity contribution in [2.24, 2.45) is 0 Å².